The Morgan fingerprint density at radius 1 is 1.14 bits per heavy atom. The van der Waals surface area contributed by atoms with Gasteiger partial charge in [-0.25, -0.2) is 4.79 Å². The quantitative estimate of drug-likeness (QED) is 0.263. The number of alkyl halides is 3. The molecule has 0 spiro atoms. The van der Waals surface area contributed by atoms with Gasteiger partial charge in [0, 0.05) is 48.1 Å². The van der Waals surface area contributed by atoms with E-state index in [1.165, 1.54) is 40.6 Å². The van der Waals surface area contributed by atoms with Crippen molar-refractivity contribution in [2.45, 2.75) is 71.1 Å². The summed E-state index contributed by atoms with van der Waals surface area (Å²) in [6.45, 7) is 8.65. The molecule has 2 N–H and O–H groups in total. The first-order chi connectivity index (χ1) is 20.3. The van der Waals surface area contributed by atoms with Gasteiger partial charge in [-0.2, -0.15) is 23.3 Å². The minimum absolute atomic E-state index is 0.171. The largest absolute Gasteiger partial charge is 0.490 e. The zero-order valence-electron chi connectivity index (χ0n) is 24.0. The fourth-order valence-electron chi connectivity index (χ4n) is 5.39. The van der Waals surface area contributed by atoms with Gasteiger partial charge in [0.25, 0.3) is 5.89 Å². The van der Waals surface area contributed by atoms with Crippen LogP contribution in [0.25, 0.3) is 33.7 Å². The fraction of sp³-hybridized carbons (Fsp3) is 0.433. The van der Waals surface area contributed by atoms with Crippen molar-refractivity contribution in [2.24, 2.45) is 0 Å². The van der Waals surface area contributed by atoms with Gasteiger partial charge < -0.3 is 14.7 Å². The van der Waals surface area contributed by atoms with Crippen LogP contribution in [0.1, 0.15) is 67.5 Å². The molecule has 6 rings (SSSR count). The molecule has 0 amide bonds. The molecule has 228 valence electrons. The molecule has 1 aliphatic carbocycles. The van der Waals surface area contributed by atoms with Crippen molar-refractivity contribution in [1.82, 2.24) is 24.8 Å². The second-order valence-corrected chi connectivity index (χ2v) is 11.2. The molecule has 0 bridgehead atoms. The van der Waals surface area contributed by atoms with Crippen molar-refractivity contribution >= 4 is 22.8 Å². The number of aromatic nitrogens is 4. The van der Waals surface area contributed by atoms with Crippen LogP contribution >= 0.6 is 0 Å². The summed E-state index contributed by atoms with van der Waals surface area (Å²) >= 11 is 0. The second kappa shape index (κ2) is 11.8. The number of nitrogens with zero attached hydrogens (tertiary/aromatic N) is 5. The van der Waals surface area contributed by atoms with E-state index in [9.17, 15) is 18.0 Å². The zero-order valence-corrected chi connectivity index (χ0v) is 24.0. The van der Waals surface area contributed by atoms with Crippen LogP contribution in [0.3, 0.4) is 0 Å². The number of fused-ring (bicyclic) bond motifs is 2. The molecule has 43 heavy (non-hydrogen) atoms. The molecule has 0 unspecified atom stereocenters. The minimum Gasteiger partial charge on any atom is -0.481 e. The lowest BCUT2D eigenvalue weighted by molar-refractivity contribution is -0.192. The SMILES string of the molecule is Cc1c(-c2noc(-c3ccc4c(c3)c(C3CC3)nn4C(C)C)n2)ccc2c1CCN(CCC(=O)O)C2.O=C(O)C(F)(F)F. The van der Waals surface area contributed by atoms with Crippen LogP contribution in [0.5, 0.6) is 0 Å². The lowest BCUT2D eigenvalue weighted by atomic mass is 9.91. The Balaban J connectivity index is 0.000000472. The molecule has 1 saturated carbocycles. The monoisotopic (exact) mass is 599 g/mol. The van der Waals surface area contributed by atoms with E-state index in [2.05, 4.69) is 59.8 Å². The number of carboxylic acid groups (broad SMARTS) is 2. The molecule has 13 heteroatoms. The van der Waals surface area contributed by atoms with Crippen molar-refractivity contribution in [2.75, 3.05) is 13.1 Å². The summed E-state index contributed by atoms with van der Waals surface area (Å²) in [6, 6.07) is 10.8. The third kappa shape index (κ3) is 6.56. The molecule has 2 aromatic carbocycles. The number of benzene rings is 2. The maximum absolute atomic E-state index is 10.9. The Kier molecular flexibility index (Phi) is 8.28. The topological polar surface area (TPSA) is 135 Å². The molecule has 10 nitrogen and oxygen atoms in total. The van der Waals surface area contributed by atoms with E-state index in [4.69, 9.17) is 29.6 Å². The number of hydrogen-bond acceptors (Lipinski definition) is 7. The van der Waals surface area contributed by atoms with Crippen LogP contribution in [-0.4, -0.2) is 66.2 Å². The van der Waals surface area contributed by atoms with Crippen LogP contribution < -0.4 is 0 Å². The number of hydrogen-bond donors (Lipinski definition) is 2. The number of carbonyl (C=O) groups is 2. The highest BCUT2D eigenvalue weighted by Gasteiger charge is 2.38. The Morgan fingerprint density at radius 2 is 1.86 bits per heavy atom. The van der Waals surface area contributed by atoms with Gasteiger partial charge in [-0.3, -0.25) is 14.4 Å². The summed E-state index contributed by atoms with van der Waals surface area (Å²) in [5.74, 6) is -1.84. The highest BCUT2D eigenvalue weighted by Crippen LogP contribution is 2.43. The summed E-state index contributed by atoms with van der Waals surface area (Å²) < 4.78 is 39.6. The first kappa shape index (κ1) is 30.2. The minimum atomic E-state index is -5.08. The summed E-state index contributed by atoms with van der Waals surface area (Å²) in [7, 11) is 0. The molecule has 4 aromatic rings. The van der Waals surface area contributed by atoms with E-state index in [1.807, 2.05) is 6.07 Å². The molecule has 1 fully saturated rings. The standard InChI is InChI=1S/C28H31N5O3.C2HF3O2/c1-16(2)33-24-9-7-19(14-23(24)26(30-33)18-4-5-18)28-29-27(31-36-28)22-8-6-20-15-32(13-11-25(34)35)12-10-21(20)17(22)3;3-2(4,5)1(6)7/h6-9,14,16,18H,4-5,10-13,15H2,1-3H3,(H,34,35);(H,6,7). The third-order valence-corrected chi connectivity index (χ3v) is 7.75. The van der Waals surface area contributed by atoms with E-state index in [-0.39, 0.29) is 6.42 Å². The molecular formula is C30H32F3N5O5. The van der Waals surface area contributed by atoms with Gasteiger partial charge >= 0.3 is 18.1 Å². The summed E-state index contributed by atoms with van der Waals surface area (Å²) in [4.78, 5) is 26.8. The summed E-state index contributed by atoms with van der Waals surface area (Å²) in [6.07, 6.45) is -1.62. The Bertz CT molecular complexity index is 1670. The maximum atomic E-state index is 10.9. The molecule has 0 saturated heterocycles. The van der Waals surface area contributed by atoms with Gasteiger partial charge in [-0.05, 0) is 74.9 Å². The van der Waals surface area contributed by atoms with Gasteiger partial charge in [0.2, 0.25) is 5.82 Å². The van der Waals surface area contributed by atoms with Crippen LogP contribution in [-0.2, 0) is 22.6 Å². The lowest BCUT2D eigenvalue weighted by Gasteiger charge is -2.29. The van der Waals surface area contributed by atoms with E-state index in [0.29, 0.717) is 30.2 Å². The number of rotatable bonds is 7. The first-order valence-corrected chi connectivity index (χ1v) is 14.1. The normalized spacial score (nSPS) is 15.3. The van der Waals surface area contributed by atoms with Crippen molar-refractivity contribution in [3.8, 4) is 22.8 Å². The van der Waals surface area contributed by atoms with Crippen molar-refractivity contribution < 1.29 is 37.5 Å². The molecule has 2 aliphatic rings. The van der Waals surface area contributed by atoms with Gasteiger partial charge in [-0.1, -0.05) is 17.3 Å². The number of halogens is 3. The van der Waals surface area contributed by atoms with Crippen LogP contribution in [0.15, 0.2) is 34.9 Å². The Hall–Kier alpha value is -4.26. The highest BCUT2D eigenvalue weighted by atomic mass is 19.4. The number of carboxylic acids is 2. The molecule has 0 atom stereocenters. The van der Waals surface area contributed by atoms with E-state index in [0.717, 1.165) is 36.2 Å². The Labute approximate surface area is 245 Å². The lowest BCUT2D eigenvalue weighted by Crippen LogP contribution is -2.32. The van der Waals surface area contributed by atoms with Crippen LogP contribution in [0.4, 0.5) is 13.2 Å². The first-order valence-electron chi connectivity index (χ1n) is 14.1. The van der Waals surface area contributed by atoms with Crippen LogP contribution in [0, 0.1) is 6.92 Å². The van der Waals surface area contributed by atoms with Crippen molar-refractivity contribution in [3.05, 3.63) is 52.7 Å². The second-order valence-electron chi connectivity index (χ2n) is 11.2. The van der Waals surface area contributed by atoms with Crippen LogP contribution in [0.2, 0.25) is 0 Å². The van der Waals surface area contributed by atoms with E-state index in [1.54, 1.807) is 0 Å². The summed E-state index contributed by atoms with van der Waals surface area (Å²) in [5, 5.41) is 26.6. The number of aliphatic carboxylic acids is 2. The smallest absolute Gasteiger partial charge is 0.481 e. The molecule has 3 heterocycles. The van der Waals surface area contributed by atoms with Gasteiger partial charge in [0.15, 0.2) is 0 Å². The zero-order chi connectivity index (χ0) is 31.1. The van der Waals surface area contributed by atoms with Crippen molar-refractivity contribution in [3.63, 3.8) is 0 Å². The molecule has 1 aliphatic heterocycles. The predicted molar refractivity (Wildman–Crippen MR) is 150 cm³/mol. The van der Waals surface area contributed by atoms with Crippen molar-refractivity contribution in [1.29, 1.82) is 0 Å². The predicted octanol–water partition coefficient (Wildman–Crippen LogP) is 5.99. The fourth-order valence-corrected chi connectivity index (χ4v) is 5.39. The van der Waals surface area contributed by atoms with E-state index < -0.39 is 18.1 Å². The average molecular weight is 600 g/mol. The average Bonchev–Trinajstić information content (AvgIpc) is 3.54. The Morgan fingerprint density at radius 3 is 2.49 bits per heavy atom. The highest BCUT2D eigenvalue weighted by molar-refractivity contribution is 5.87. The van der Waals surface area contributed by atoms with Gasteiger partial charge in [-0.15, -0.1) is 0 Å². The molecule has 0 radical (unpaired) electrons. The third-order valence-electron chi connectivity index (χ3n) is 7.75. The molecule has 2 aromatic heterocycles. The summed E-state index contributed by atoms with van der Waals surface area (Å²) in [5.41, 5.74) is 7.95. The van der Waals surface area contributed by atoms with E-state index >= 15 is 0 Å². The molecular weight excluding hydrogens is 567 g/mol. The maximum Gasteiger partial charge on any atom is 0.490 e. The van der Waals surface area contributed by atoms with Gasteiger partial charge in [0.1, 0.15) is 0 Å². The van der Waals surface area contributed by atoms with Gasteiger partial charge in [0.05, 0.1) is 17.6 Å².